The second kappa shape index (κ2) is 8.67. The van der Waals surface area contributed by atoms with E-state index < -0.39 is 11.9 Å². The summed E-state index contributed by atoms with van der Waals surface area (Å²) in [6, 6.07) is 11.5. The number of carbonyl (C=O) groups excluding carboxylic acids is 1. The lowest BCUT2D eigenvalue weighted by Gasteiger charge is -2.13. The number of carboxylic acid groups (broad SMARTS) is 1. The van der Waals surface area contributed by atoms with Gasteiger partial charge in [0.1, 0.15) is 11.5 Å². The normalized spacial score (nSPS) is 11.6. The standard InChI is InChI=1S/C19H19BrO5/c1-3-12(2)13-7-8-17(16(20)10-13)24-11-18(21)25-15-6-4-5-14(9-15)19(22)23/h4-10,12H,3,11H2,1-2H3,(H,22,23). The first-order valence-corrected chi connectivity index (χ1v) is 8.66. The van der Waals surface area contributed by atoms with Crippen molar-refractivity contribution in [3.8, 4) is 11.5 Å². The fourth-order valence-corrected chi connectivity index (χ4v) is 2.68. The average Bonchev–Trinajstić information content (AvgIpc) is 2.60. The minimum absolute atomic E-state index is 0.0506. The summed E-state index contributed by atoms with van der Waals surface area (Å²) in [5.74, 6) is -0.542. The number of esters is 1. The molecule has 2 aromatic carbocycles. The van der Waals surface area contributed by atoms with Gasteiger partial charge in [0.05, 0.1) is 10.0 Å². The fourth-order valence-electron chi connectivity index (χ4n) is 2.17. The van der Waals surface area contributed by atoms with E-state index in [4.69, 9.17) is 14.6 Å². The van der Waals surface area contributed by atoms with Gasteiger partial charge < -0.3 is 14.6 Å². The van der Waals surface area contributed by atoms with Crippen LogP contribution >= 0.6 is 15.9 Å². The molecule has 0 saturated heterocycles. The van der Waals surface area contributed by atoms with E-state index in [0.717, 1.165) is 10.9 Å². The molecule has 0 fully saturated rings. The summed E-state index contributed by atoms with van der Waals surface area (Å²) in [5, 5.41) is 8.93. The number of hydrogen-bond donors (Lipinski definition) is 1. The van der Waals surface area contributed by atoms with Gasteiger partial charge in [0, 0.05) is 0 Å². The molecule has 0 aliphatic heterocycles. The van der Waals surface area contributed by atoms with E-state index in [1.807, 2.05) is 18.2 Å². The zero-order valence-corrected chi connectivity index (χ0v) is 15.6. The van der Waals surface area contributed by atoms with Crippen LogP contribution in [-0.4, -0.2) is 23.7 Å². The Balaban J connectivity index is 1.96. The Hall–Kier alpha value is -2.34. The van der Waals surface area contributed by atoms with Crippen molar-refractivity contribution in [1.82, 2.24) is 0 Å². The molecular formula is C19H19BrO5. The van der Waals surface area contributed by atoms with Gasteiger partial charge in [-0.15, -0.1) is 0 Å². The van der Waals surface area contributed by atoms with Crippen LogP contribution in [0.25, 0.3) is 0 Å². The molecule has 0 saturated carbocycles. The molecule has 0 heterocycles. The van der Waals surface area contributed by atoms with Gasteiger partial charge in [0.15, 0.2) is 6.61 Å². The van der Waals surface area contributed by atoms with Crippen LogP contribution in [0.4, 0.5) is 0 Å². The number of rotatable bonds is 7. The molecule has 0 aliphatic carbocycles. The van der Waals surface area contributed by atoms with Crippen LogP contribution in [0, 0.1) is 0 Å². The highest BCUT2D eigenvalue weighted by Crippen LogP contribution is 2.30. The first-order chi connectivity index (χ1) is 11.9. The predicted octanol–water partition coefficient (Wildman–Crippen LogP) is 4.65. The summed E-state index contributed by atoms with van der Waals surface area (Å²) in [7, 11) is 0. The Kier molecular flexibility index (Phi) is 6.58. The Bertz CT molecular complexity index is 772. The van der Waals surface area contributed by atoms with Crippen LogP contribution in [0.3, 0.4) is 0 Å². The van der Waals surface area contributed by atoms with E-state index in [2.05, 4.69) is 29.8 Å². The summed E-state index contributed by atoms with van der Waals surface area (Å²) >= 11 is 3.44. The third kappa shape index (κ3) is 5.32. The van der Waals surface area contributed by atoms with Gasteiger partial charge in [-0.1, -0.05) is 26.0 Å². The molecule has 0 bridgehead atoms. The fraction of sp³-hybridized carbons (Fsp3) is 0.263. The second-order valence-corrected chi connectivity index (χ2v) is 6.45. The Labute approximate surface area is 154 Å². The number of ether oxygens (including phenoxy) is 2. The minimum atomic E-state index is -1.08. The molecule has 0 spiro atoms. The van der Waals surface area contributed by atoms with Crippen LogP contribution in [0.2, 0.25) is 0 Å². The van der Waals surface area contributed by atoms with Gasteiger partial charge in [-0.2, -0.15) is 0 Å². The maximum absolute atomic E-state index is 11.9. The quantitative estimate of drug-likeness (QED) is 0.535. The molecular weight excluding hydrogens is 388 g/mol. The Morgan fingerprint density at radius 1 is 1.20 bits per heavy atom. The first kappa shape index (κ1) is 19.0. The lowest BCUT2D eigenvalue weighted by atomic mass is 9.99. The van der Waals surface area contributed by atoms with E-state index in [-0.39, 0.29) is 17.9 Å². The van der Waals surface area contributed by atoms with Crippen LogP contribution < -0.4 is 9.47 Å². The molecule has 0 aromatic heterocycles. The molecule has 25 heavy (non-hydrogen) atoms. The molecule has 1 unspecified atom stereocenters. The van der Waals surface area contributed by atoms with Crippen molar-refractivity contribution < 1.29 is 24.2 Å². The van der Waals surface area contributed by atoms with Crippen LogP contribution in [0.15, 0.2) is 46.9 Å². The van der Waals surface area contributed by atoms with Crippen molar-refractivity contribution >= 4 is 27.9 Å². The monoisotopic (exact) mass is 406 g/mol. The van der Waals surface area contributed by atoms with Gasteiger partial charge in [-0.3, -0.25) is 0 Å². The van der Waals surface area contributed by atoms with E-state index in [9.17, 15) is 9.59 Å². The van der Waals surface area contributed by atoms with Crippen LogP contribution in [0.5, 0.6) is 11.5 Å². The maximum Gasteiger partial charge on any atom is 0.349 e. The first-order valence-electron chi connectivity index (χ1n) is 7.87. The topological polar surface area (TPSA) is 72.8 Å². The van der Waals surface area contributed by atoms with Gasteiger partial charge in [-0.05, 0) is 64.2 Å². The van der Waals surface area contributed by atoms with Crippen molar-refractivity contribution in [2.24, 2.45) is 0 Å². The van der Waals surface area contributed by atoms with Gasteiger partial charge in [-0.25, -0.2) is 9.59 Å². The van der Waals surface area contributed by atoms with E-state index >= 15 is 0 Å². The molecule has 1 N–H and O–H groups in total. The lowest BCUT2D eigenvalue weighted by molar-refractivity contribution is -0.136. The zero-order chi connectivity index (χ0) is 18.4. The predicted molar refractivity (Wildman–Crippen MR) is 97.4 cm³/mol. The summed E-state index contributed by atoms with van der Waals surface area (Å²) in [6.07, 6.45) is 1.04. The number of carboxylic acids is 1. The van der Waals surface area contributed by atoms with Gasteiger partial charge in [0.2, 0.25) is 0 Å². The van der Waals surface area contributed by atoms with Crippen LogP contribution in [0.1, 0.15) is 42.1 Å². The molecule has 0 radical (unpaired) electrons. The highest BCUT2D eigenvalue weighted by Gasteiger charge is 2.11. The number of halogens is 1. The minimum Gasteiger partial charge on any atom is -0.481 e. The maximum atomic E-state index is 11.9. The van der Waals surface area contributed by atoms with E-state index in [1.165, 1.54) is 29.8 Å². The number of hydrogen-bond acceptors (Lipinski definition) is 4. The molecule has 2 aromatic rings. The third-order valence-corrected chi connectivity index (χ3v) is 4.42. The highest BCUT2D eigenvalue weighted by atomic mass is 79.9. The molecule has 2 rings (SSSR count). The number of benzene rings is 2. The Morgan fingerprint density at radius 3 is 2.60 bits per heavy atom. The average molecular weight is 407 g/mol. The summed E-state index contributed by atoms with van der Waals surface area (Å²) in [6.45, 7) is 3.99. The smallest absolute Gasteiger partial charge is 0.349 e. The summed E-state index contributed by atoms with van der Waals surface area (Å²) < 4.78 is 11.4. The lowest BCUT2D eigenvalue weighted by Crippen LogP contribution is -2.18. The molecule has 5 nitrogen and oxygen atoms in total. The zero-order valence-electron chi connectivity index (χ0n) is 14.0. The van der Waals surface area contributed by atoms with Crippen molar-refractivity contribution in [3.63, 3.8) is 0 Å². The van der Waals surface area contributed by atoms with E-state index in [0.29, 0.717) is 11.7 Å². The van der Waals surface area contributed by atoms with Crippen molar-refractivity contribution in [2.75, 3.05) is 6.61 Å². The van der Waals surface area contributed by atoms with Gasteiger partial charge >= 0.3 is 11.9 Å². The van der Waals surface area contributed by atoms with Crippen molar-refractivity contribution in [3.05, 3.63) is 58.1 Å². The second-order valence-electron chi connectivity index (χ2n) is 5.59. The van der Waals surface area contributed by atoms with Crippen molar-refractivity contribution in [1.29, 1.82) is 0 Å². The summed E-state index contributed by atoms with van der Waals surface area (Å²) in [4.78, 5) is 22.8. The molecule has 6 heteroatoms. The largest absolute Gasteiger partial charge is 0.481 e. The van der Waals surface area contributed by atoms with E-state index in [1.54, 1.807) is 0 Å². The van der Waals surface area contributed by atoms with Crippen LogP contribution in [-0.2, 0) is 4.79 Å². The molecule has 132 valence electrons. The summed E-state index contributed by atoms with van der Waals surface area (Å²) in [5.41, 5.74) is 1.24. The number of carbonyl (C=O) groups is 2. The molecule has 0 amide bonds. The number of aromatic carboxylic acids is 1. The molecule has 0 aliphatic rings. The molecule has 1 atom stereocenters. The third-order valence-electron chi connectivity index (χ3n) is 3.80. The van der Waals surface area contributed by atoms with Gasteiger partial charge in [0.25, 0.3) is 0 Å². The Morgan fingerprint density at radius 2 is 1.96 bits per heavy atom. The highest BCUT2D eigenvalue weighted by molar-refractivity contribution is 9.10. The SMILES string of the molecule is CCC(C)c1ccc(OCC(=O)Oc2cccc(C(=O)O)c2)c(Br)c1. The van der Waals surface area contributed by atoms with Crippen molar-refractivity contribution in [2.45, 2.75) is 26.2 Å².